The largest absolute Gasteiger partial charge is 0.454 e. The van der Waals surface area contributed by atoms with Crippen molar-refractivity contribution in [2.24, 2.45) is 5.92 Å². The molecule has 2 aromatic heterocycles. The van der Waals surface area contributed by atoms with E-state index in [0.717, 1.165) is 10.5 Å². The molecule has 0 fully saturated rings. The lowest BCUT2D eigenvalue weighted by Crippen LogP contribution is -2.48. The van der Waals surface area contributed by atoms with Gasteiger partial charge in [0.1, 0.15) is 6.04 Å². The van der Waals surface area contributed by atoms with E-state index in [2.05, 4.69) is 10.1 Å². The molecule has 1 unspecified atom stereocenters. The van der Waals surface area contributed by atoms with Crippen molar-refractivity contribution in [1.82, 2.24) is 15.0 Å². The van der Waals surface area contributed by atoms with Crippen LogP contribution in [0.4, 0.5) is 0 Å². The summed E-state index contributed by atoms with van der Waals surface area (Å²) in [5.74, 6) is -1.52. The second kappa shape index (κ2) is 7.59. The number of nitrogens with zero attached hydrogens (tertiary/aromatic N) is 3. The fourth-order valence-electron chi connectivity index (χ4n) is 3.18. The van der Waals surface area contributed by atoms with Crippen LogP contribution in [0.5, 0.6) is 0 Å². The summed E-state index contributed by atoms with van der Waals surface area (Å²) in [5, 5.41) is 7.62. The average molecular weight is 411 g/mol. The summed E-state index contributed by atoms with van der Waals surface area (Å²) in [4.78, 5) is 43.4. The number of rotatable bonds is 6. The van der Waals surface area contributed by atoms with Crippen LogP contribution < -0.4 is 0 Å². The van der Waals surface area contributed by atoms with Gasteiger partial charge in [-0.2, -0.15) is 16.3 Å². The summed E-state index contributed by atoms with van der Waals surface area (Å²) in [5.41, 5.74) is 1.38. The zero-order valence-corrected chi connectivity index (χ0v) is 16.5. The standard InChI is InChI=1S/C20H17N3O5S/c1-11(2)16(23-18(24)13-5-3-4-6-14(13)19(23)25)20(26)27-9-15-21-17(22-28-15)12-7-8-29-10-12/h3-8,10-11,16H,9H2,1-2H3. The van der Waals surface area contributed by atoms with E-state index in [4.69, 9.17) is 9.26 Å². The Kier molecular flexibility index (Phi) is 4.98. The Hall–Kier alpha value is -3.33. The number of hydrogen-bond acceptors (Lipinski definition) is 8. The maximum atomic E-state index is 12.8. The molecule has 1 atom stereocenters. The molecule has 4 rings (SSSR count). The summed E-state index contributed by atoms with van der Waals surface area (Å²) in [6.07, 6.45) is 0. The molecule has 3 aromatic rings. The Morgan fingerprint density at radius 3 is 2.45 bits per heavy atom. The van der Waals surface area contributed by atoms with Gasteiger partial charge >= 0.3 is 5.97 Å². The van der Waals surface area contributed by atoms with Crippen LogP contribution in [0.1, 0.15) is 40.5 Å². The van der Waals surface area contributed by atoms with E-state index in [0.29, 0.717) is 5.82 Å². The summed E-state index contributed by atoms with van der Waals surface area (Å²) in [6.45, 7) is 3.25. The van der Waals surface area contributed by atoms with Gasteiger partial charge in [-0.1, -0.05) is 31.1 Å². The van der Waals surface area contributed by atoms with Crippen LogP contribution in [0.25, 0.3) is 11.4 Å². The third-order valence-electron chi connectivity index (χ3n) is 4.56. The van der Waals surface area contributed by atoms with Gasteiger partial charge in [-0.25, -0.2) is 4.79 Å². The van der Waals surface area contributed by atoms with Crippen molar-refractivity contribution in [1.29, 1.82) is 0 Å². The molecule has 0 radical (unpaired) electrons. The number of carbonyl (C=O) groups is 3. The van der Waals surface area contributed by atoms with Crippen molar-refractivity contribution in [3.63, 3.8) is 0 Å². The van der Waals surface area contributed by atoms with Gasteiger partial charge in [-0.3, -0.25) is 14.5 Å². The number of carbonyl (C=O) groups excluding carboxylic acids is 3. The maximum Gasteiger partial charge on any atom is 0.330 e. The van der Waals surface area contributed by atoms with Gasteiger partial charge in [0.25, 0.3) is 17.7 Å². The molecule has 0 aliphatic carbocycles. The zero-order valence-electron chi connectivity index (χ0n) is 15.7. The number of aromatic nitrogens is 2. The number of imide groups is 1. The van der Waals surface area contributed by atoms with Gasteiger partial charge in [0.15, 0.2) is 6.61 Å². The van der Waals surface area contributed by atoms with Crippen LogP contribution in [0.3, 0.4) is 0 Å². The monoisotopic (exact) mass is 411 g/mol. The molecule has 0 N–H and O–H groups in total. The number of amides is 2. The number of ether oxygens (including phenoxy) is 1. The second-order valence-corrected chi connectivity index (χ2v) is 7.63. The maximum absolute atomic E-state index is 12.8. The molecule has 8 nitrogen and oxygen atoms in total. The minimum absolute atomic E-state index is 0.129. The fourth-order valence-corrected chi connectivity index (χ4v) is 3.81. The highest BCUT2D eigenvalue weighted by atomic mass is 32.1. The molecule has 1 aliphatic heterocycles. The third kappa shape index (κ3) is 3.44. The van der Waals surface area contributed by atoms with Crippen LogP contribution in [0.15, 0.2) is 45.6 Å². The first kappa shape index (κ1) is 19.0. The van der Waals surface area contributed by atoms with E-state index in [1.54, 1.807) is 38.1 Å². The van der Waals surface area contributed by atoms with Crippen LogP contribution in [0, 0.1) is 5.92 Å². The Balaban J connectivity index is 1.49. The molecular formula is C20H17N3O5S. The number of benzene rings is 1. The normalized spacial score (nSPS) is 14.4. The van der Waals surface area contributed by atoms with E-state index < -0.39 is 23.8 Å². The first-order valence-corrected chi connectivity index (χ1v) is 9.90. The molecule has 1 aliphatic rings. The molecule has 2 amide bonds. The Morgan fingerprint density at radius 1 is 1.17 bits per heavy atom. The summed E-state index contributed by atoms with van der Waals surface area (Å²) < 4.78 is 10.4. The van der Waals surface area contributed by atoms with Gasteiger partial charge < -0.3 is 9.26 Å². The van der Waals surface area contributed by atoms with E-state index in [9.17, 15) is 14.4 Å². The van der Waals surface area contributed by atoms with Crippen LogP contribution in [0.2, 0.25) is 0 Å². The highest BCUT2D eigenvalue weighted by Gasteiger charge is 2.44. The predicted octanol–water partition coefficient (Wildman–Crippen LogP) is 3.16. The van der Waals surface area contributed by atoms with Gasteiger partial charge in [-0.15, -0.1) is 0 Å². The van der Waals surface area contributed by atoms with Gasteiger partial charge in [0.2, 0.25) is 5.82 Å². The van der Waals surface area contributed by atoms with Crippen LogP contribution >= 0.6 is 11.3 Å². The van der Waals surface area contributed by atoms with Gasteiger partial charge in [0.05, 0.1) is 11.1 Å². The number of thiophene rings is 1. The van der Waals surface area contributed by atoms with E-state index >= 15 is 0 Å². The topological polar surface area (TPSA) is 103 Å². The van der Waals surface area contributed by atoms with E-state index in [-0.39, 0.29) is 29.5 Å². The van der Waals surface area contributed by atoms with Crippen molar-refractivity contribution in [3.05, 3.63) is 58.1 Å². The van der Waals surface area contributed by atoms with E-state index in [1.807, 2.05) is 16.8 Å². The fraction of sp³-hybridized carbons (Fsp3) is 0.250. The molecule has 29 heavy (non-hydrogen) atoms. The Labute approximate surface area is 170 Å². The third-order valence-corrected chi connectivity index (χ3v) is 5.25. The second-order valence-electron chi connectivity index (χ2n) is 6.85. The molecule has 9 heteroatoms. The van der Waals surface area contributed by atoms with Crippen LogP contribution in [-0.2, 0) is 16.1 Å². The van der Waals surface area contributed by atoms with E-state index in [1.165, 1.54) is 11.3 Å². The predicted molar refractivity (Wildman–Crippen MR) is 103 cm³/mol. The van der Waals surface area contributed by atoms with Gasteiger partial charge in [0, 0.05) is 10.9 Å². The zero-order chi connectivity index (χ0) is 20.5. The lowest BCUT2D eigenvalue weighted by Gasteiger charge is -2.27. The number of hydrogen-bond donors (Lipinski definition) is 0. The quantitative estimate of drug-likeness (QED) is 0.453. The summed E-state index contributed by atoms with van der Waals surface area (Å²) in [7, 11) is 0. The van der Waals surface area contributed by atoms with Crippen molar-refractivity contribution < 1.29 is 23.6 Å². The van der Waals surface area contributed by atoms with Gasteiger partial charge in [-0.05, 0) is 29.5 Å². The molecule has 0 spiro atoms. The van der Waals surface area contributed by atoms with Crippen molar-refractivity contribution in [2.45, 2.75) is 26.5 Å². The van der Waals surface area contributed by atoms with Crippen molar-refractivity contribution in [2.75, 3.05) is 0 Å². The minimum atomic E-state index is -1.05. The Bertz CT molecular complexity index is 1040. The lowest BCUT2D eigenvalue weighted by molar-refractivity contribution is -0.152. The molecule has 0 bridgehead atoms. The first-order chi connectivity index (χ1) is 14.0. The van der Waals surface area contributed by atoms with Crippen molar-refractivity contribution >= 4 is 29.1 Å². The Morgan fingerprint density at radius 2 is 1.86 bits per heavy atom. The smallest absolute Gasteiger partial charge is 0.330 e. The first-order valence-electron chi connectivity index (χ1n) is 8.96. The molecule has 0 saturated heterocycles. The SMILES string of the molecule is CC(C)C(C(=O)OCc1nc(-c2ccsc2)no1)N1C(=O)c2ccccc2C1=O. The number of esters is 1. The van der Waals surface area contributed by atoms with Crippen LogP contribution in [-0.4, -0.2) is 38.9 Å². The molecule has 3 heterocycles. The molecule has 0 saturated carbocycles. The average Bonchev–Trinajstić information content (AvgIpc) is 3.44. The molecule has 1 aromatic carbocycles. The summed E-state index contributed by atoms with van der Waals surface area (Å²) in [6, 6.07) is 7.29. The number of fused-ring (bicyclic) bond motifs is 1. The highest BCUT2D eigenvalue weighted by molar-refractivity contribution is 7.08. The molecular weight excluding hydrogens is 394 g/mol. The lowest BCUT2D eigenvalue weighted by atomic mass is 10.0. The minimum Gasteiger partial charge on any atom is -0.454 e. The highest BCUT2D eigenvalue weighted by Crippen LogP contribution is 2.28. The van der Waals surface area contributed by atoms with Crippen molar-refractivity contribution in [3.8, 4) is 11.4 Å². The summed E-state index contributed by atoms with van der Waals surface area (Å²) >= 11 is 1.50. The molecule has 148 valence electrons.